The van der Waals surface area contributed by atoms with Gasteiger partial charge in [0.1, 0.15) is 0 Å². The molecule has 0 spiro atoms. The van der Waals surface area contributed by atoms with Gasteiger partial charge in [0.15, 0.2) is 0 Å². The highest BCUT2D eigenvalue weighted by molar-refractivity contribution is 5.00. The van der Waals surface area contributed by atoms with Gasteiger partial charge in [0.2, 0.25) is 0 Å². The summed E-state index contributed by atoms with van der Waals surface area (Å²) < 4.78 is 0. The smallest absolute Gasteiger partial charge is 0.0558 e. The molecule has 0 fully saturated rings. The summed E-state index contributed by atoms with van der Waals surface area (Å²) in [7, 11) is 1.98. The minimum absolute atomic E-state index is 0.137. The molecule has 0 aromatic carbocycles. The monoisotopic (exact) mass is 200 g/mol. The molecule has 0 aliphatic rings. The van der Waals surface area contributed by atoms with Gasteiger partial charge >= 0.3 is 0 Å². The van der Waals surface area contributed by atoms with Crippen LogP contribution in [-0.4, -0.2) is 48.8 Å². The van der Waals surface area contributed by atoms with Gasteiger partial charge in [-0.15, -0.1) is 0 Å². The lowest BCUT2D eigenvalue weighted by atomic mass is 10.1. The molecule has 0 aromatic heterocycles. The standard InChI is InChI=1S/C11H24N2O/c1-10(8-12-11(2,3)4)9-13(5)6-7-14/h12,14H,1,6-9H2,2-5H3. The number of rotatable bonds is 6. The zero-order valence-electron chi connectivity index (χ0n) is 9.93. The van der Waals surface area contributed by atoms with Crippen molar-refractivity contribution in [2.24, 2.45) is 0 Å². The molecule has 0 heterocycles. The fraction of sp³-hybridized carbons (Fsp3) is 0.818. The summed E-state index contributed by atoms with van der Waals surface area (Å²) in [4.78, 5) is 2.06. The maximum absolute atomic E-state index is 8.72. The first-order valence-electron chi connectivity index (χ1n) is 5.06. The van der Waals surface area contributed by atoms with E-state index in [0.717, 1.165) is 18.7 Å². The molecule has 0 unspecified atom stereocenters. The highest BCUT2D eigenvalue weighted by Gasteiger charge is 2.09. The predicted octanol–water partition coefficient (Wildman–Crippen LogP) is 0.855. The van der Waals surface area contributed by atoms with Crippen LogP contribution in [0.15, 0.2) is 12.2 Å². The summed E-state index contributed by atoms with van der Waals surface area (Å²) in [6.07, 6.45) is 0. The average Bonchev–Trinajstić information content (AvgIpc) is 2.00. The van der Waals surface area contributed by atoms with Gasteiger partial charge in [-0.1, -0.05) is 6.58 Å². The normalized spacial score (nSPS) is 12.1. The van der Waals surface area contributed by atoms with Crippen LogP contribution in [0.1, 0.15) is 20.8 Å². The Labute approximate surface area is 87.8 Å². The molecule has 0 aliphatic carbocycles. The number of nitrogens with zero attached hydrogens (tertiary/aromatic N) is 1. The molecule has 0 atom stereocenters. The van der Waals surface area contributed by atoms with Crippen molar-refractivity contribution in [1.29, 1.82) is 0 Å². The molecular formula is C11H24N2O. The van der Waals surface area contributed by atoms with Crippen molar-refractivity contribution in [1.82, 2.24) is 10.2 Å². The second-order valence-electron chi connectivity index (χ2n) is 4.81. The molecule has 0 bridgehead atoms. The molecule has 0 rings (SSSR count). The molecule has 3 heteroatoms. The fourth-order valence-corrected chi connectivity index (χ4v) is 1.08. The predicted molar refractivity (Wildman–Crippen MR) is 61.5 cm³/mol. The first kappa shape index (κ1) is 13.6. The Morgan fingerprint density at radius 3 is 2.43 bits per heavy atom. The van der Waals surface area contributed by atoms with Crippen LogP contribution in [0.25, 0.3) is 0 Å². The molecule has 2 N–H and O–H groups in total. The number of hydrogen-bond acceptors (Lipinski definition) is 3. The van der Waals surface area contributed by atoms with E-state index in [9.17, 15) is 0 Å². The lowest BCUT2D eigenvalue weighted by Gasteiger charge is -2.23. The molecular weight excluding hydrogens is 176 g/mol. The Morgan fingerprint density at radius 1 is 1.43 bits per heavy atom. The summed E-state index contributed by atoms with van der Waals surface area (Å²) in [5.41, 5.74) is 1.29. The molecule has 84 valence electrons. The molecule has 0 amide bonds. The van der Waals surface area contributed by atoms with Gasteiger partial charge in [-0.05, 0) is 33.4 Å². The number of nitrogens with one attached hydrogen (secondary N) is 1. The first-order chi connectivity index (χ1) is 6.35. The maximum Gasteiger partial charge on any atom is 0.0558 e. The zero-order chi connectivity index (χ0) is 11.2. The van der Waals surface area contributed by atoms with Gasteiger partial charge in [0, 0.05) is 25.2 Å². The minimum Gasteiger partial charge on any atom is -0.395 e. The van der Waals surface area contributed by atoms with Crippen LogP contribution in [-0.2, 0) is 0 Å². The summed E-state index contributed by atoms with van der Waals surface area (Å²) in [6.45, 7) is 13.0. The Hall–Kier alpha value is -0.380. The SMILES string of the molecule is C=C(CNC(C)(C)C)CN(C)CCO. The van der Waals surface area contributed by atoms with E-state index in [1.807, 2.05) is 7.05 Å². The van der Waals surface area contributed by atoms with Crippen LogP contribution >= 0.6 is 0 Å². The Kier molecular flexibility index (Phi) is 6.00. The van der Waals surface area contributed by atoms with Crippen LogP contribution in [0.5, 0.6) is 0 Å². The number of hydrogen-bond donors (Lipinski definition) is 2. The van der Waals surface area contributed by atoms with Gasteiger partial charge in [0.25, 0.3) is 0 Å². The van der Waals surface area contributed by atoms with Crippen molar-refractivity contribution in [2.75, 3.05) is 33.3 Å². The quantitative estimate of drug-likeness (QED) is 0.624. The van der Waals surface area contributed by atoms with Gasteiger partial charge in [-0.2, -0.15) is 0 Å². The lowest BCUT2D eigenvalue weighted by molar-refractivity contribution is 0.229. The van der Waals surface area contributed by atoms with Gasteiger partial charge in [0.05, 0.1) is 6.61 Å². The molecule has 0 saturated carbocycles. The summed E-state index contributed by atoms with van der Waals surface area (Å²) in [5.74, 6) is 0. The van der Waals surface area contributed by atoms with E-state index < -0.39 is 0 Å². The van der Waals surface area contributed by atoms with E-state index in [1.165, 1.54) is 0 Å². The van der Waals surface area contributed by atoms with Crippen LogP contribution in [0.3, 0.4) is 0 Å². The lowest BCUT2D eigenvalue weighted by Crippen LogP contribution is -2.38. The van der Waals surface area contributed by atoms with Crippen LogP contribution < -0.4 is 5.32 Å². The molecule has 0 aliphatic heterocycles. The second-order valence-corrected chi connectivity index (χ2v) is 4.81. The Balaban J connectivity index is 3.65. The van der Waals surface area contributed by atoms with E-state index in [0.29, 0.717) is 6.54 Å². The summed E-state index contributed by atoms with van der Waals surface area (Å²) in [6, 6.07) is 0. The number of likely N-dealkylation sites (N-methyl/N-ethyl adjacent to an activating group) is 1. The molecule has 14 heavy (non-hydrogen) atoms. The Morgan fingerprint density at radius 2 is 2.00 bits per heavy atom. The van der Waals surface area contributed by atoms with E-state index in [2.05, 4.69) is 37.6 Å². The molecule has 0 saturated heterocycles. The van der Waals surface area contributed by atoms with E-state index in [4.69, 9.17) is 5.11 Å². The molecule has 0 aromatic rings. The van der Waals surface area contributed by atoms with E-state index in [-0.39, 0.29) is 12.1 Å². The second kappa shape index (κ2) is 6.17. The van der Waals surface area contributed by atoms with Crippen molar-refractivity contribution < 1.29 is 5.11 Å². The topological polar surface area (TPSA) is 35.5 Å². The largest absolute Gasteiger partial charge is 0.395 e. The third-order valence-corrected chi connectivity index (χ3v) is 1.84. The van der Waals surface area contributed by atoms with Crippen molar-refractivity contribution in [2.45, 2.75) is 26.3 Å². The van der Waals surface area contributed by atoms with Crippen LogP contribution in [0.4, 0.5) is 0 Å². The van der Waals surface area contributed by atoms with Crippen molar-refractivity contribution in [3.8, 4) is 0 Å². The zero-order valence-corrected chi connectivity index (χ0v) is 9.93. The summed E-state index contributed by atoms with van der Waals surface area (Å²) >= 11 is 0. The number of aliphatic hydroxyl groups is 1. The van der Waals surface area contributed by atoms with Gasteiger partial charge in [-0.25, -0.2) is 0 Å². The van der Waals surface area contributed by atoms with Crippen molar-refractivity contribution >= 4 is 0 Å². The average molecular weight is 200 g/mol. The molecule has 0 radical (unpaired) electrons. The van der Waals surface area contributed by atoms with E-state index >= 15 is 0 Å². The summed E-state index contributed by atoms with van der Waals surface area (Å²) in [5, 5.41) is 12.1. The third-order valence-electron chi connectivity index (χ3n) is 1.84. The fourth-order valence-electron chi connectivity index (χ4n) is 1.08. The van der Waals surface area contributed by atoms with Gasteiger partial charge in [-0.3, -0.25) is 0 Å². The minimum atomic E-state index is 0.137. The third kappa shape index (κ3) is 8.23. The number of aliphatic hydroxyl groups excluding tert-OH is 1. The van der Waals surface area contributed by atoms with Crippen LogP contribution in [0, 0.1) is 0 Å². The van der Waals surface area contributed by atoms with Gasteiger partial charge < -0.3 is 15.3 Å². The first-order valence-corrected chi connectivity index (χ1v) is 5.06. The van der Waals surface area contributed by atoms with E-state index in [1.54, 1.807) is 0 Å². The van der Waals surface area contributed by atoms with Crippen LogP contribution in [0.2, 0.25) is 0 Å². The Bertz CT molecular complexity index is 173. The maximum atomic E-state index is 8.72. The highest BCUT2D eigenvalue weighted by Crippen LogP contribution is 2.00. The van der Waals surface area contributed by atoms with Crippen molar-refractivity contribution in [3.05, 3.63) is 12.2 Å². The van der Waals surface area contributed by atoms with Crippen molar-refractivity contribution in [3.63, 3.8) is 0 Å². The highest BCUT2D eigenvalue weighted by atomic mass is 16.3. The molecule has 3 nitrogen and oxygen atoms in total.